The van der Waals surface area contributed by atoms with Crippen LogP contribution in [0.4, 0.5) is 0 Å². The molecule has 0 amide bonds. The van der Waals surface area contributed by atoms with E-state index in [1.54, 1.807) is 22.7 Å². The summed E-state index contributed by atoms with van der Waals surface area (Å²) >= 11 is 3.49. The van der Waals surface area contributed by atoms with Crippen molar-refractivity contribution < 1.29 is 0 Å². The molecule has 0 saturated carbocycles. The molecule has 0 saturated heterocycles. The van der Waals surface area contributed by atoms with Gasteiger partial charge in [-0.3, -0.25) is 4.40 Å². The fraction of sp³-hybridized carbons (Fsp3) is 0. The summed E-state index contributed by atoms with van der Waals surface area (Å²) in [4.78, 5) is 6.83. The van der Waals surface area contributed by atoms with Crippen LogP contribution in [0.2, 0.25) is 0 Å². The van der Waals surface area contributed by atoms with Crippen LogP contribution < -0.4 is 0 Å². The number of benzene rings is 1. The summed E-state index contributed by atoms with van der Waals surface area (Å²) in [6, 6.07) is 12.7. The summed E-state index contributed by atoms with van der Waals surface area (Å²) in [5.41, 5.74) is 2.43. The molecule has 3 heterocycles. The smallest absolute Gasteiger partial charge is 0.195 e. The van der Waals surface area contributed by atoms with Gasteiger partial charge in [0, 0.05) is 0 Å². The van der Waals surface area contributed by atoms with E-state index < -0.39 is 0 Å². The zero-order valence-electron chi connectivity index (χ0n) is 8.83. The molecule has 0 unspecified atom stereocenters. The number of fused-ring (bicyclic) bond motifs is 3. The molecule has 0 N–H and O–H groups in total. The van der Waals surface area contributed by atoms with Gasteiger partial charge >= 0.3 is 0 Å². The summed E-state index contributed by atoms with van der Waals surface area (Å²) in [6.07, 6.45) is 1.96. The van der Waals surface area contributed by atoms with Crippen LogP contribution in [0.5, 0.6) is 0 Å². The van der Waals surface area contributed by atoms with Crippen molar-refractivity contribution in [3.05, 3.63) is 48.0 Å². The average molecular weight is 256 g/mol. The molecule has 0 aliphatic carbocycles. The Balaban J connectivity index is 2.17. The second kappa shape index (κ2) is 3.42. The Morgan fingerprint density at radius 3 is 2.88 bits per heavy atom. The number of nitrogens with zero attached hydrogens (tertiary/aromatic N) is 2. The number of para-hydroxylation sites is 1. The maximum Gasteiger partial charge on any atom is 0.195 e. The molecule has 82 valence electrons. The lowest BCUT2D eigenvalue weighted by Crippen LogP contribution is -1.82. The predicted octanol–water partition coefficient (Wildman–Crippen LogP) is 4.28. The van der Waals surface area contributed by atoms with Gasteiger partial charge in [-0.2, -0.15) is 0 Å². The molecule has 0 aliphatic rings. The fourth-order valence-electron chi connectivity index (χ4n) is 2.06. The Morgan fingerprint density at radius 2 is 2.00 bits per heavy atom. The molecular formula is C13H8N2S2. The van der Waals surface area contributed by atoms with E-state index in [-0.39, 0.29) is 0 Å². The standard InChI is InChI=1S/C13H8N2S2/c1-2-5-12-9(4-1)15-10(8-14-13(15)17-12)11-6-3-7-16-11/h1-8H. The van der Waals surface area contributed by atoms with Crippen LogP contribution in [0.15, 0.2) is 48.0 Å². The van der Waals surface area contributed by atoms with Crippen LogP contribution >= 0.6 is 22.7 Å². The molecule has 4 rings (SSSR count). The molecule has 1 aromatic carbocycles. The maximum absolute atomic E-state index is 4.50. The predicted molar refractivity (Wildman–Crippen MR) is 73.9 cm³/mol. The van der Waals surface area contributed by atoms with E-state index >= 15 is 0 Å². The molecular weight excluding hydrogens is 248 g/mol. The third-order valence-corrected chi connectivity index (χ3v) is 4.74. The van der Waals surface area contributed by atoms with Gasteiger partial charge in [0.25, 0.3) is 0 Å². The van der Waals surface area contributed by atoms with Gasteiger partial charge in [-0.25, -0.2) is 4.98 Å². The number of aromatic nitrogens is 2. The quantitative estimate of drug-likeness (QED) is 0.497. The van der Waals surface area contributed by atoms with E-state index in [2.05, 4.69) is 51.2 Å². The van der Waals surface area contributed by atoms with E-state index in [1.807, 2.05) is 6.20 Å². The number of hydrogen-bond acceptors (Lipinski definition) is 3. The van der Waals surface area contributed by atoms with Gasteiger partial charge in [-0.1, -0.05) is 29.5 Å². The molecule has 4 aromatic rings. The number of imidazole rings is 1. The Morgan fingerprint density at radius 1 is 1.06 bits per heavy atom. The molecule has 0 atom stereocenters. The maximum atomic E-state index is 4.50. The van der Waals surface area contributed by atoms with Crippen LogP contribution in [-0.2, 0) is 0 Å². The highest BCUT2D eigenvalue weighted by Crippen LogP contribution is 2.32. The van der Waals surface area contributed by atoms with Crippen LogP contribution in [0.3, 0.4) is 0 Å². The lowest BCUT2D eigenvalue weighted by atomic mass is 10.3. The van der Waals surface area contributed by atoms with E-state index in [4.69, 9.17) is 0 Å². The summed E-state index contributed by atoms with van der Waals surface area (Å²) in [5, 5.41) is 2.10. The molecule has 0 fully saturated rings. The molecule has 0 spiro atoms. The van der Waals surface area contributed by atoms with Gasteiger partial charge < -0.3 is 0 Å². The van der Waals surface area contributed by atoms with Crippen molar-refractivity contribution in [3.63, 3.8) is 0 Å². The van der Waals surface area contributed by atoms with Crippen molar-refractivity contribution >= 4 is 37.9 Å². The minimum Gasteiger partial charge on any atom is -0.282 e. The number of hydrogen-bond donors (Lipinski definition) is 0. The number of thiazole rings is 1. The average Bonchev–Trinajstić information content (AvgIpc) is 3.04. The minimum absolute atomic E-state index is 1.06. The van der Waals surface area contributed by atoms with Gasteiger partial charge in [-0.15, -0.1) is 11.3 Å². The van der Waals surface area contributed by atoms with Crippen molar-refractivity contribution in [2.75, 3.05) is 0 Å². The van der Waals surface area contributed by atoms with Gasteiger partial charge in [0.2, 0.25) is 0 Å². The van der Waals surface area contributed by atoms with E-state index in [0.29, 0.717) is 0 Å². The molecule has 0 bridgehead atoms. The van der Waals surface area contributed by atoms with Crippen molar-refractivity contribution in [1.29, 1.82) is 0 Å². The topological polar surface area (TPSA) is 17.3 Å². The second-order valence-electron chi connectivity index (χ2n) is 3.81. The van der Waals surface area contributed by atoms with Crippen molar-refractivity contribution in [2.45, 2.75) is 0 Å². The molecule has 2 nitrogen and oxygen atoms in total. The minimum atomic E-state index is 1.06. The first-order chi connectivity index (χ1) is 8.43. The van der Waals surface area contributed by atoms with Crippen molar-refractivity contribution in [2.24, 2.45) is 0 Å². The van der Waals surface area contributed by atoms with Gasteiger partial charge in [0.05, 0.1) is 27.0 Å². The third-order valence-electron chi connectivity index (χ3n) is 2.81. The highest BCUT2D eigenvalue weighted by atomic mass is 32.1. The van der Waals surface area contributed by atoms with Crippen LogP contribution in [0, 0.1) is 0 Å². The Bertz CT molecular complexity index is 793. The lowest BCUT2D eigenvalue weighted by Gasteiger charge is -1.96. The van der Waals surface area contributed by atoms with Crippen LogP contribution in [0.25, 0.3) is 25.7 Å². The summed E-state index contributed by atoms with van der Waals surface area (Å²) < 4.78 is 3.53. The van der Waals surface area contributed by atoms with Crippen LogP contribution in [-0.4, -0.2) is 9.38 Å². The largest absolute Gasteiger partial charge is 0.282 e. The molecule has 4 heteroatoms. The summed E-state index contributed by atoms with van der Waals surface area (Å²) in [7, 11) is 0. The summed E-state index contributed by atoms with van der Waals surface area (Å²) in [6.45, 7) is 0. The van der Waals surface area contributed by atoms with Crippen molar-refractivity contribution in [3.8, 4) is 10.6 Å². The SMILES string of the molecule is c1csc(-c2cnc3sc4ccccc4n23)c1. The normalized spacial score (nSPS) is 11.5. The van der Waals surface area contributed by atoms with E-state index in [1.165, 1.54) is 20.8 Å². The first kappa shape index (κ1) is 9.39. The summed E-state index contributed by atoms with van der Waals surface area (Å²) in [5.74, 6) is 0. The van der Waals surface area contributed by atoms with Gasteiger partial charge in [0.1, 0.15) is 0 Å². The number of thiophene rings is 1. The zero-order chi connectivity index (χ0) is 11.2. The molecule has 3 aromatic heterocycles. The van der Waals surface area contributed by atoms with Crippen LogP contribution in [0.1, 0.15) is 0 Å². The Hall–Kier alpha value is -1.65. The van der Waals surface area contributed by atoms with Gasteiger partial charge in [-0.05, 0) is 23.6 Å². The molecule has 17 heavy (non-hydrogen) atoms. The zero-order valence-corrected chi connectivity index (χ0v) is 10.5. The highest BCUT2D eigenvalue weighted by molar-refractivity contribution is 7.23. The van der Waals surface area contributed by atoms with Gasteiger partial charge in [0.15, 0.2) is 4.96 Å². The van der Waals surface area contributed by atoms with Crippen molar-refractivity contribution in [1.82, 2.24) is 9.38 Å². The third kappa shape index (κ3) is 1.28. The monoisotopic (exact) mass is 256 g/mol. The lowest BCUT2D eigenvalue weighted by molar-refractivity contribution is 1.31. The highest BCUT2D eigenvalue weighted by Gasteiger charge is 2.11. The Kier molecular flexibility index (Phi) is 1.89. The first-order valence-corrected chi connectivity index (χ1v) is 7.02. The Labute approximate surface area is 106 Å². The first-order valence-electron chi connectivity index (χ1n) is 5.32. The fourth-order valence-corrected chi connectivity index (χ4v) is 3.79. The second-order valence-corrected chi connectivity index (χ2v) is 5.77. The molecule has 0 radical (unpaired) electrons. The molecule has 0 aliphatic heterocycles. The van der Waals surface area contributed by atoms with E-state index in [9.17, 15) is 0 Å². The number of rotatable bonds is 1. The van der Waals surface area contributed by atoms with E-state index in [0.717, 1.165) is 4.96 Å².